The number of hydrogen-bond donors (Lipinski definition) is 1. The lowest BCUT2D eigenvalue weighted by molar-refractivity contribution is 0.0195. The highest BCUT2D eigenvalue weighted by atomic mass is 35.5. The molecule has 2 heterocycles. The van der Waals surface area contributed by atoms with Crippen LogP contribution in [0.25, 0.3) is 10.9 Å². The number of piperazine rings is 1. The number of nitrogens with zero attached hydrogens (tertiary/aromatic N) is 2. The van der Waals surface area contributed by atoms with Crippen molar-refractivity contribution in [2.75, 3.05) is 19.6 Å². The fraction of sp³-hybridized carbons (Fsp3) is 0.444. The maximum Gasteiger partial charge on any atom is 0.410 e. The van der Waals surface area contributed by atoms with E-state index in [0.29, 0.717) is 24.7 Å². The van der Waals surface area contributed by atoms with Crippen molar-refractivity contribution in [2.24, 2.45) is 0 Å². The first-order valence-electron chi connectivity index (χ1n) is 8.09. The molecule has 5 nitrogen and oxygen atoms in total. The Balaban J connectivity index is 1.88. The van der Waals surface area contributed by atoms with Gasteiger partial charge in [-0.1, -0.05) is 23.7 Å². The molecule has 1 aliphatic rings. The van der Waals surface area contributed by atoms with Crippen LogP contribution in [0.4, 0.5) is 4.79 Å². The molecule has 2 aromatic rings. The number of ether oxygens (including phenoxy) is 1. The van der Waals surface area contributed by atoms with Crippen molar-refractivity contribution < 1.29 is 9.53 Å². The first-order valence-corrected chi connectivity index (χ1v) is 8.47. The SMILES string of the molecule is CC(C)(C)OC(=O)N1CCNC(c2c(Cl)ccc3cccnc23)C1. The van der Waals surface area contributed by atoms with Crippen molar-refractivity contribution >= 4 is 28.6 Å². The molecule has 1 aromatic heterocycles. The van der Waals surface area contributed by atoms with Gasteiger partial charge in [-0.25, -0.2) is 4.79 Å². The number of aromatic nitrogens is 1. The molecule has 0 aliphatic carbocycles. The third kappa shape index (κ3) is 3.62. The van der Waals surface area contributed by atoms with E-state index in [1.54, 1.807) is 11.1 Å². The first-order chi connectivity index (χ1) is 11.3. The van der Waals surface area contributed by atoms with Crippen LogP contribution in [0.3, 0.4) is 0 Å². The highest BCUT2D eigenvalue weighted by molar-refractivity contribution is 6.32. The lowest BCUT2D eigenvalue weighted by Crippen LogP contribution is -2.49. The minimum Gasteiger partial charge on any atom is -0.444 e. The topological polar surface area (TPSA) is 54.5 Å². The maximum absolute atomic E-state index is 12.4. The molecule has 0 saturated carbocycles. The number of amides is 1. The van der Waals surface area contributed by atoms with Crippen LogP contribution in [0, 0.1) is 0 Å². The second kappa shape index (κ2) is 6.57. The van der Waals surface area contributed by atoms with Gasteiger partial charge in [-0.05, 0) is 32.9 Å². The van der Waals surface area contributed by atoms with Crippen LogP contribution < -0.4 is 5.32 Å². The van der Waals surface area contributed by atoms with Crippen LogP contribution in [0.15, 0.2) is 30.5 Å². The first kappa shape index (κ1) is 17.0. The third-order valence-electron chi connectivity index (χ3n) is 3.94. The number of carbonyl (C=O) groups excluding carboxylic acids is 1. The summed E-state index contributed by atoms with van der Waals surface area (Å²) in [7, 11) is 0. The summed E-state index contributed by atoms with van der Waals surface area (Å²) in [6.07, 6.45) is 1.47. The summed E-state index contributed by atoms with van der Waals surface area (Å²) in [4.78, 5) is 18.6. The zero-order valence-corrected chi connectivity index (χ0v) is 14.9. The average Bonchev–Trinajstić information content (AvgIpc) is 2.53. The Morgan fingerprint density at radius 3 is 2.92 bits per heavy atom. The molecule has 24 heavy (non-hydrogen) atoms. The van der Waals surface area contributed by atoms with Crippen molar-refractivity contribution in [2.45, 2.75) is 32.4 Å². The molecule has 1 N–H and O–H groups in total. The van der Waals surface area contributed by atoms with Crippen LogP contribution in [-0.2, 0) is 4.74 Å². The van der Waals surface area contributed by atoms with Gasteiger partial charge in [0.25, 0.3) is 0 Å². The fourth-order valence-electron chi connectivity index (χ4n) is 2.91. The van der Waals surface area contributed by atoms with E-state index >= 15 is 0 Å². The minimum absolute atomic E-state index is 0.0719. The van der Waals surface area contributed by atoms with Gasteiger partial charge in [0.1, 0.15) is 5.60 Å². The quantitative estimate of drug-likeness (QED) is 0.853. The van der Waals surface area contributed by atoms with Crippen LogP contribution in [0.5, 0.6) is 0 Å². The second-order valence-electron chi connectivity index (χ2n) is 6.97. The molecule has 1 aliphatic heterocycles. The number of benzene rings is 1. The Morgan fingerprint density at radius 2 is 2.17 bits per heavy atom. The molecule has 128 valence electrons. The van der Waals surface area contributed by atoms with E-state index < -0.39 is 5.60 Å². The van der Waals surface area contributed by atoms with E-state index in [4.69, 9.17) is 16.3 Å². The molecule has 1 unspecified atom stereocenters. The molecule has 1 fully saturated rings. The van der Waals surface area contributed by atoms with Gasteiger partial charge in [-0.2, -0.15) is 0 Å². The molecule has 0 bridgehead atoms. The van der Waals surface area contributed by atoms with E-state index in [9.17, 15) is 4.79 Å². The number of hydrogen-bond acceptors (Lipinski definition) is 4. The normalized spacial score (nSPS) is 18.7. The molecule has 1 atom stereocenters. The molecule has 1 saturated heterocycles. The molecule has 0 spiro atoms. The maximum atomic E-state index is 12.4. The fourth-order valence-corrected chi connectivity index (χ4v) is 3.19. The number of pyridine rings is 1. The van der Waals surface area contributed by atoms with Gasteiger partial charge < -0.3 is 15.0 Å². The van der Waals surface area contributed by atoms with Crippen molar-refractivity contribution in [3.63, 3.8) is 0 Å². The summed E-state index contributed by atoms with van der Waals surface area (Å²) in [5.41, 5.74) is 1.30. The van der Waals surface area contributed by atoms with Crippen LogP contribution in [0.2, 0.25) is 5.02 Å². The Kier molecular flexibility index (Phi) is 4.65. The Bertz CT molecular complexity index is 758. The predicted molar refractivity (Wildman–Crippen MR) is 95.3 cm³/mol. The number of fused-ring (bicyclic) bond motifs is 1. The highest BCUT2D eigenvalue weighted by Gasteiger charge is 2.30. The summed E-state index contributed by atoms with van der Waals surface area (Å²) in [6, 6.07) is 7.69. The third-order valence-corrected chi connectivity index (χ3v) is 4.27. The largest absolute Gasteiger partial charge is 0.444 e. The number of carbonyl (C=O) groups is 1. The highest BCUT2D eigenvalue weighted by Crippen LogP contribution is 2.31. The molecule has 0 radical (unpaired) electrons. The molecule has 1 aromatic carbocycles. The standard InChI is InChI=1S/C18H22ClN3O2/c1-18(2,3)24-17(23)22-10-9-20-14(11-22)15-13(19)7-6-12-5-4-8-21-16(12)15/h4-8,14,20H,9-11H2,1-3H3. The van der Waals surface area contributed by atoms with E-state index in [1.807, 2.05) is 45.0 Å². The summed E-state index contributed by atoms with van der Waals surface area (Å²) < 4.78 is 5.49. The number of nitrogens with one attached hydrogen (secondary N) is 1. The van der Waals surface area contributed by atoms with Gasteiger partial charge in [0.05, 0.1) is 11.6 Å². The Morgan fingerprint density at radius 1 is 1.38 bits per heavy atom. The zero-order valence-electron chi connectivity index (χ0n) is 14.2. The summed E-state index contributed by atoms with van der Waals surface area (Å²) in [5.74, 6) is 0. The summed E-state index contributed by atoms with van der Waals surface area (Å²) in [6.45, 7) is 7.41. The number of rotatable bonds is 1. The lowest BCUT2D eigenvalue weighted by atomic mass is 10.0. The van der Waals surface area contributed by atoms with E-state index in [2.05, 4.69) is 10.3 Å². The van der Waals surface area contributed by atoms with Crippen LogP contribution in [-0.4, -0.2) is 41.2 Å². The van der Waals surface area contributed by atoms with E-state index in [-0.39, 0.29) is 12.1 Å². The average molecular weight is 348 g/mol. The molecular formula is C18H22ClN3O2. The van der Waals surface area contributed by atoms with Crippen LogP contribution >= 0.6 is 11.6 Å². The van der Waals surface area contributed by atoms with Crippen molar-refractivity contribution in [3.8, 4) is 0 Å². The monoisotopic (exact) mass is 347 g/mol. The van der Waals surface area contributed by atoms with Crippen molar-refractivity contribution in [1.82, 2.24) is 15.2 Å². The van der Waals surface area contributed by atoms with Gasteiger partial charge in [-0.3, -0.25) is 4.98 Å². The zero-order chi connectivity index (χ0) is 17.3. The Labute approximate surface area is 146 Å². The molecular weight excluding hydrogens is 326 g/mol. The van der Waals surface area contributed by atoms with Gasteiger partial charge in [0.15, 0.2) is 0 Å². The van der Waals surface area contributed by atoms with Gasteiger partial charge in [-0.15, -0.1) is 0 Å². The molecule has 1 amide bonds. The second-order valence-corrected chi connectivity index (χ2v) is 7.38. The van der Waals surface area contributed by atoms with Gasteiger partial charge >= 0.3 is 6.09 Å². The van der Waals surface area contributed by atoms with Gasteiger partial charge in [0, 0.05) is 41.8 Å². The molecule has 6 heteroatoms. The summed E-state index contributed by atoms with van der Waals surface area (Å²) >= 11 is 6.46. The van der Waals surface area contributed by atoms with Crippen molar-refractivity contribution in [3.05, 3.63) is 41.0 Å². The predicted octanol–water partition coefficient (Wildman–Crippen LogP) is 3.77. The summed E-state index contributed by atoms with van der Waals surface area (Å²) in [5, 5.41) is 5.13. The number of halogens is 1. The van der Waals surface area contributed by atoms with E-state index in [1.165, 1.54) is 0 Å². The van der Waals surface area contributed by atoms with Gasteiger partial charge in [0.2, 0.25) is 0 Å². The van der Waals surface area contributed by atoms with E-state index in [0.717, 1.165) is 16.5 Å². The van der Waals surface area contributed by atoms with Crippen molar-refractivity contribution in [1.29, 1.82) is 0 Å². The lowest BCUT2D eigenvalue weighted by Gasteiger charge is -2.35. The molecule has 3 rings (SSSR count). The minimum atomic E-state index is -0.504. The smallest absolute Gasteiger partial charge is 0.410 e. The van der Waals surface area contributed by atoms with Crippen LogP contribution in [0.1, 0.15) is 32.4 Å². The Hall–Kier alpha value is -1.85.